The number of amidine groups is 1. The van der Waals surface area contributed by atoms with Gasteiger partial charge in [-0.3, -0.25) is 9.69 Å². The first-order chi connectivity index (χ1) is 20.9. The Labute approximate surface area is 253 Å². The van der Waals surface area contributed by atoms with Gasteiger partial charge in [-0.05, 0) is 61.7 Å². The van der Waals surface area contributed by atoms with Crippen LogP contribution in [0.4, 0.5) is 28.0 Å². The third kappa shape index (κ3) is 7.02. The number of carbonyl (C=O) groups excluding carboxylic acids is 2. The number of anilines is 1. The second kappa shape index (κ2) is 12.4. The average molecular weight is 625 g/mol. The second-order valence-corrected chi connectivity index (χ2v) is 10.7. The van der Waals surface area contributed by atoms with Crippen molar-refractivity contribution in [1.29, 1.82) is 0 Å². The predicted octanol–water partition coefficient (Wildman–Crippen LogP) is 7.10. The highest BCUT2D eigenvalue weighted by Crippen LogP contribution is 2.33. The molecule has 0 bridgehead atoms. The molecule has 3 aromatic carbocycles. The zero-order valence-corrected chi connectivity index (χ0v) is 24.4. The highest BCUT2D eigenvalue weighted by Gasteiger charge is 2.33. The Bertz CT molecular complexity index is 1750. The maximum Gasteiger partial charge on any atom is 0.573 e. The molecular weight excluding hydrogens is 600 g/mol. The van der Waals surface area contributed by atoms with Crippen molar-refractivity contribution in [2.45, 2.75) is 33.3 Å². The predicted molar refractivity (Wildman–Crippen MR) is 159 cm³/mol. The van der Waals surface area contributed by atoms with Crippen LogP contribution < -0.4 is 9.64 Å². The first-order valence-corrected chi connectivity index (χ1v) is 14.1. The molecule has 0 saturated carbocycles. The molecule has 44 heavy (non-hydrogen) atoms. The van der Waals surface area contributed by atoms with Gasteiger partial charge in [0.25, 0.3) is 0 Å². The first-order valence-electron chi connectivity index (χ1n) is 13.1. The minimum atomic E-state index is -4.79. The van der Waals surface area contributed by atoms with Gasteiger partial charge in [0, 0.05) is 11.8 Å². The van der Waals surface area contributed by atoms with E-state index in [1.807, 2.05) is 32.9 Å². The summed E-state index contributed by atoms with van der Waals surface area (Å²) in [5.74, 6) is -0.152. The number of alkyl halides is 4. The zero-order valence-electron chi connectivity index (χ0n) is 23.5. The molecule has 5 rings (SSSR count). The molecule has 0 aliphatic carbocycles. The summed E-state index contributed by atoms with van der Waals surface area (Å²) >= 11 is 1.11. The van der Waals surface area contributed by atoms with Crippen molar-refractivity contribution in [3.05, 3.63) is 89.2 Å². The fourth-order valence-corrected chi connectivity index (χ4v) is 5.50. The Kier molecular flexibility index (Phi) is 8.63. The zero-order chi connectivity index (χ0) is 31.6. The largest absolute Gasteiger partial charge is 0.573 e. The van der Waals surface area contributed by atoms with E-state index in [1.54, 1.807) is 12.1 Å². The number of carbonyl (C=O) groups is 2. The fourth-order valence-electron chi connectivity index (χ4n) is 4.65. The Morgan fingerprint density at radius 2 is 1.70 bits per heavy atom. The van der Waals surface area contributed by atoms with Crippen molar-refractivity contribution in [1.82, 2.24) is 14.8 Å². The molecule has 226 valence electrons. The average Bonchev–Trinajstić information content (AvgIpc) is 3.59. The van der Waals surface area contributed by atoms with Crippen LogP contribution in [0.1, 0.15) is 28.4 Å². The summed E-state index contributed by atoms with van der Waals surface area (Å²) in [6, 6.07) is 14.2. The van der Waals surface area contributed by atoms with Crippen LogP contribution in [-0.4, -0.2) is 50.2 Å². The molecule has 1 saturated heterocycles. The van der Waals surface area contributed by atoms with Crippen LogP contribution in [-0.2, 0) is 4.79 Å². The first kappa shape index (κ1) is 30.6. The summed E-state index contributed by atoms with van der Waals surface area (Å²) < 4.78 is 57.3. The molecular formula is C30H24F4N6O3S. The number of hydrogen-bond donors (Lipinski definition) is 0. The van der Waals surface area contributed by atoms with E-state index in [0.717, 1.165) is 46.8 Å². The summed E-state index contributed by atoms with van der Waals surface area (Å²) in [6.45, 7) is 5.71. The van der Waals surface area contributed by atoms with E-state index < -0.39 is 18.6 Å². The Morgan fingerprint density at radius 3 is 2.34 bits per heavy atom. The molecule has 9 nitrogen and oxygen atoms in total. The van der Waals surface area contributed by atoms with E-state index >= 15 is 0 Å². The summed E-state index contributed by atoms with van der Waals surface area (Å²) in [6.07, 6.45) is -4.28. The van der Waals surface area contributed by atoms with E-state index in [-0.39, 0.29) is 28.1 Å². The molecule has 1 aliphatic rings. The smallest absolute Gasteiger partial charge is 0.406 e. The summed E-state index contributed by atoms with van der Waals surface area (Å²) in [5, 5.41) is 4.50. The highest BCUT2D eigenvalue weighted by molar-refractivity contribution is 8.15. The van der Waals surface area contributed by atoms with Gasteiger partial charge in [-0.15, -0.1) is 18.3 Å². The van der Waals surface area contributed by atoms with E-state index in [1.165, 1.54) is 40.2 Å². The molecule has 3 amide bonds. The van der Waals surface area contributed by atoms with Gasteiger partial charge in [0.1, 0.15) is 12.1 Å². The molecule has 1 unspecified atom stereocenters. The van der Waals surface area contributed by atoms with E-state index in [2.05, 4.69) is 24.8 Å². The third-order valence-electron chi connectivity index (χ3n) is 6.45. The number of aliphatic imine (C=N–C) groups is 2. The van der Waals surface area contributed by atoms with Crippen molar-refractivity contribution < 1.29 is 31.9 Å². The minimum absolute atomic E-state index is 0.122. The Morgan fingerprint density at radius 1 is 1.05 bits per heavy atom. The molecule has 4 aromatic rings. The molecule has 0 N–H and O–H groups in total. The van der Waals surface area contributed by atoms with Crippen molar-refractivity contribution in [2.75, 3.05) is 10.7 Å². The number of thioether (sulfide) groups is 1. The molecule has 0 radical (unpaired) electrons. The lowest BCUT2D eigenvalue weighted by molar-refractivity contribution is -0.274. The van der Waals surface area contributed by atoms with Crippen LogP contribution in [0, 0.1) is 20.8 Å². The van der Waals surface area contributed by atoms with Gasteiger partial charge < -0.3 is 4.74 Å². The van der Waals surface area contributed by atoms with Crippen LogP contribution in [0.15, 0.2) is 77.0 Å². The van der Waals surface area contributed by atoms with Gasteiger partial charge in [0.2, 0.25) is 5.91 Å². The Hall–Kier alpha value is -4.85. The normalized spacial score (nSPS) is 15.4. The number of aromatic nitrogens is 3. The summed E-state index contributed by atoms with van der Waals surface area (Å²) in [4.78, 5) is 38.3. The van der Waals surface area contributed by atoms with Gasteiger partial charge >= 0.3 is 12.4 Å². The number of benzene rings is 3. The molecule has 1 aromatic heterocycles. The SMILES string of the molecule is Cc1cc(C)c(N2C(=O)CSC2=NC(=O)N=CC(F)c2ccc(-c3ncn(-c4ccc(OC(F)(F)F)cc4)n3)cc2)c(C)c1. The molecule has 1 fully saturated rings. The van der Waals surface area contributed by atoms with Gasteiger partial charge in [-0.2, -0.15) is 4.99 Å². The quantitative estimate of drug-likeness (QED) is 0.168. The van der Waals surface area contributed by atoms with Gasteiger partial charge in [0.05, 0.1) is 17.1 Å². The van der Waals surface area contributed by atoms with E-state index in [4.69, 9.17) is 0 Å². The lowest BCUT2D eigenvalue weighted by atomic mass is 10.0. The lowest BCUT2D eigenvalue weighted by Gasteiger charge is -2.21. The molecule has 14 heteroatoms. The number of aryl methyl sites for hydroxylation is 3. The van der Waals surface area contributed by atoms with Gasteiger partial charge in [-0.25, -0.2) is 23.8 Å². The van der Waals surface area contributed by atoms with Crippen LogP contribution in [0.2, 0.25) is 0 Å². The standard InChI is InChI=1S/C30H24F4N6O3S/c1-17-12-18(2)26(19(3)13-17)40-25(41)15-44-29(40)37-28(42)35-14-24(31)20-4-6-21(7-5-20)27-36-16-39(38-27)22-8-10-23(11-9-22)43-30(32,33)34/h4-14,16,24H,15H2,1-3H3. The monoisotopic (exact) mass is 624 g/mol. The topological polar surface area (TPSA) is 102 Å². The number of ether oxygens (including phenoxy) is 1. The molecule has 1 atom stereocenters. The van der Waals surface area contributed by atoms with Gasteiger partial charge in [-0.1, -0.05) is 53.7 Å². The fraction of sp³-hybridized carbons (Fsp3) is 0.200. The minimum Gasteiger partial charge on any atom is -0.406 e. The number of urea groups is 1. The van der Waals surface area contributed by atoms with Crippen molar-refractivity contribution in [3.8, 4) is 22.8 Å². The van der Waals surface area contributed by atoms with Crippen LogP contribution >= 0.6 is 11.8 Å². The van der Waals surface area contributed by atoms with E-state index in [0.29, 0.717) is 22.8 Å². The summed E-state index contributed by atoms with van der Waals surface area (Å²) in [7, 11) is 0. The number of nitrogens with zero attached hydrogens (tertiary/aromatic N) is 6. The van der Waals surface area contributed by atoms with Crippen molar-refractivity contribution in [3.63, 3.8) is 0 Å². The van der Waals surface area contributed by atoms with Crippen molar-refractivity contribution in [2.24, 2.45) is 9.98 Å². The maximum atomic E-state index is 14.9. The highest BCUT2D eigenvalue weighted by atomic mass is 32.2. The van der Waals surface area contributed by atoms with Crippen LogP contribution in [0.3, 0.4) is 0 Å². The maximum absolute atomic E-state index is 14.9. The molecule has 0 spiro atoms. The summed E-state index contributed by atoms with van der Waals surface area (Å²) in [5.41, 5.74) is 4.67. The number of rotatable bonds is 6. The van der Waals surface area contributed by atoms with E-state index in [9.17, 15) is 27.2 Å². The lowest BCUT2D eigenvalue weighted by Crippen LogP contribution is -2.31. The van der Waals surface area contributed by atoms with Gasteiger partial charge in [0.15, 0.2) is 17.2 Å². The third-order valence-corrected chi connectivity index (χ3v) is 7.37. The van der Waals surface area contributed by atoms with Crippen LogP contribution in [0.5, 0.6) is 5.75 Å². The number of amides is 3. The number of halogens is 4. The second-order valence-electron chi connectivity index (χ2n) is 9.80. The number of hydrogen-bond acceptors (Lipinski definition) is 6. The Balaban J connectivity index is 1.24. The van der Waals surface area contributed by atoms with Crippen LogP contribution in [0.25, 0.3) is 17.1 Å². The molecule has 2 heterocycles. The van der Waals surface area contributed by atoms with Crippen molar-refractivity contribution >= 4 is 40.8 Å². The molecule has 1 aliphatic heterocycles.